The molecular weight excluding hydrogens is 298 g/mol. The topological polar surface area (TPSA) is 44.4 Å². The van der Waals surface area contributed by atoms with Gasteiger partial charge in [0, 0.05) is 23.5 Å². The Kier molecular flexibility index (Phi) is 6.82. The van der Waals surface area contributed by atoms with Crippen LogP contribution in [0.1, 0.15) is 29.3 Å². The highest BCUT2D eigenvalue weighted by Crippen LogP contribution is 2.18. The molecule has 0 aromatic heterocycles. The van der Waals surface area contributed by atoms with Crippen LogP contribution in [0.25, 0.3) is 0 Å². The Balaban J connectivity index is 1.86. The van der Waals surface area contributed by atoms with E-state index < -0.39 is 0 Å². The van der Waals surface area contributed by atoms with Crippen molar-refractivity contribution in [1.82, 2.24) is 10.2 Å². The molecule has 2 rings (SSSR count). The van der Waals surface area contributed by atoms with Crippen molar-refractivity contribution in [2.75, 3.05) is 32.5 Å². The fourth-order valence-corrected chi connectivity index (χ4v) is 2.39. The van der Waals surface area contributed by atoms with Gasteiger partial charge in [0.25, 0.3) is 5.91 Å². The molecule has 2 aromatic carbocycles. The number of nitrogens with zero attached hydrogens (tertiary/aromatic N) is 1. The molecule has 4 nitrogen and oxygen atoms in total. The number of aryl methyl sites for hydroxylation is 1. The second kappa shape index (κ2) is 9.08. The van der Waals surface area contributed by atoms with Gasteiger partial charge in [-0.05, 0) is 75.4 Å². The molecule has 0 bridgehead atoms. The van der Waals surface area contributed by atoms with Gasteiger partial charge in [0.2, 0.25) is 0 Å². The molecular formula is C20H27N3O. The highest BCUT2D eigenvalue weighted by molar-refractivity contribution is 5.94. The maximum atomic E-state index is 12.1. The van der Waals surface area contributed by atoms with Crippen LogP contribution < -0.4 is 10.6 Å². The lowest BCUT2D eigenvalue weighted by Gasteiger charge is -2.10. The summed E-state index contributed by atoms with van der Waals surface area (Å²) in [4.78, 5) is 14.2. The van der Waals surface area contributed by atoms with Crippen molar-refractivity contribution in [1.29, 1.82) is 0 Å². The van der Waals surface area contributed by atoms with Crippen LogP contribution in [-0.4, -0.2) is 38.0 Å². The number of carbonyl (C=O) groups is 1. The molecule has 0 fully saturated rings. The van der Waals surface area contributed by atoms with Crippen molar-refractivity contribution in [3.8, 4) is 0 Å². The van der Waals surface area contributed by atoms with E-state index in [9.17, 15) is 4.79 Å². The van der Waals surface area contributed by atoms with E-state index in [1.807, 2.05) is 38.4 Å². The average molecular weight is 325 g/mol. The number of benzene rings is 2. The van der Waals surface area contributed by atoms with E-state index >= 15 is 0 Å². The molecule has 2 aromatic rings. The lowest BCUT2D eigenvalue weighted by atomic mass is 10.1. The zero-order chi connectivity index (χ0) is 17.4. The predicted octanol–water partition coefficient (Wildman–Crippen LogP) is 3.67. The van der Waals surface area contributed by atoms with Crippen LogP contribution in [0, 0.1) is 0 Å². The van der Waals surface area contributed by atoms with Gasteiger partial charge in [-0.25, -0.2) is 0 Å². The molecule has 0 unspecified atom stereocenters. The van der Waals surface area contributed by atoms with Crippen LogP contribution in [0.2, 0.25) is 0 Å². The van der Waals surface area contributed by atoms with Crippen molar-refractivity contribution < 1.29 is 4.79 Å². The molecule has 128 valence electrons. The van der Waals surface area contributed by atoms with E-state index in [0.29, 0.717) is 12.1 Å². The molecule has 0 saturated heterocycles. The van der Waals surface area contributed by atoms with Crippen molar-refractivity contribution in [2.24, 2.45) is 0 Å². The van der Waals surface area contributed by atoms with E-state index in [2.05, 4.69) is 46.7 Å². The molecule has 0 saturated carbocycles. The lowest BCUT2D eigenvalue weighted by molar-refractivity contribution is 0.0952. The second-order valence-electron chi connectivity index (χ2n) is 6.17. The maximum absolute atomic E-state index is 12.1. The largest absolute Gasteiger partial charge is 0.356 e. The molecule has 0 aliphatic heterocycles. The van der Waals surface area contributed by atoms with E-state index in [1.165, 1.54) is 5.56 Å². The molecule has 0 aliphatic carbocycles. The lowest BCUT2D eigenvalue weighted by Crippen LogP contribution is -2.27. The molecule has 0 spiro atoms. The molecule has 1 amide bonds. The van der Waals surface area contributed by atoms with Gasteiger partial charge >= 0.3 is 0 Å². The van der Waals surface area contributed by atoms with Gasteiger partial charge in [0.1, 0.15) is 0 Å². The summed E-state index contributed by atoms with van der Waals surface area (Å²) in [7, 11) is 4.06. The van der Waals surface area contributed by atoms with Crippen molar-refractivity contribution in [3.05, 3.63) is 59.7 Å². The summed E-state index contributed by atoms with van der Waals surface area (Å²) in [6, 6.07) is 16.0. The standard InChI is InChI=1S/C20H27N3O/c1-4-16-6-10-18(11-7-16)22-19-12-8-17(9-13-19)20(24)21-14-5-15-23(2)3/h6-13,22H,4-5,14-15H2,1-3H3,(H,21,24). The highest BCUT2D eigenvalue weighted by Gasteiger charge is 2.05. The highest BCUT2D eigenvalue weighted by atomic mass is 16.1. The first kappa shape index (κ1) is 18.0. The third kappa shape index (κ3) is 5.70. The number of hydrogen-bond acceptors (Lipinski definition) is 3. The van der Waals surface area contributed by atoms with Crippen LogP contribution >= 0.6 is 0 Å². The van der Waals surface area contributed by atoms with E-state index in [0.717, 1.165) is 30.8 Å². The molecule has 0 atom stereocenters. The molecule has 24 heavy (non-hydrogen) atoms. The molecule has 0 radical (unpaired) electrons. The molecule has 0 heterocycles. The third-order valence-electron chi connectivity index (χ3n) is 3.87. The number of anilines is 2. The average Bonchev–Trinajstić information content (AvgIpc) is 2.59. The van der Waals surface area contributed by atoms with Crippen LogP contribution in [0.5, 0.6) is 0 Å². The monoisotopic (exact) mass is 325 g/mol. The Labute approximate surface area is 144 Å². The summed E-state index contributed by atoms with van der Waals surface area (Å²) < 4.78 is 0. The first-order chi connectivity index (χ1) is 11.6. The molecule has 0 aliphatic rings. The first-order valence-electron chi connectivity index (χ1n) is 8.47. The number of nitrogens with one attached hydrogen (secondary N) is 2. The second-order valence-corrected chi connectivity index (χ2v) is 6.17. The number of amides is 1. The number of carbonyl (C=O) groups excluding carboxylic acids is 1. The van der Waals surface area contributed by atoms with Crippen LogP contribution in [0.4, 0.5) is 11.4 Å². The van der Waals surface area contributed by atoms with Crippen molar-refractivity contribution in [3.63, 3.8) is 0 Å². The van der Waals surface area contributed by atoms with Gasteiger partial charge in [-0.2, -0.15) is 0 Å². The van der Waals surface area contributed by atoms with Gasteiger partial charge in [0.05, 0.1) is 0 Å². The zero-order valence-electron chi connectivity index (χ0n) is 14.8. The first-order valence-corrected chi connectivity index (χ1v) is 8.47. The molecule has 4 heteroatoms. The van der Waals surface area contributed by atoms with E-state index in [-0.39, 0.29) is 5.91 Å². The van der Waals surface area contributed by atoms with Crippen LogP contribution in [0.3, 0.4) is 0 Å². The smallest absolute Gasteiger partial charge is 0.251 e. The normalized spacial score (nSPS) is 10.7. The van der Waals surface area contributed by atoms with Gasteiger partial charge in [-0.3, -0.25) is 4.79 Å². The quantitative estimate of drug-likeness (QED) is 0.728. The zero-order valence-corrected chi connectivity index (χ0v) is 14.8. The summed E-state index contributed by atoms with van der Waals surface area (Å²) in [5.41, 5.74) is 4.03. The van der Waals surface area contributed by atoms with Gasteiger partial charge in [0.15, 0.2) is 0 Å². The minimum Gasteiger partial charge on any atom is -0.356 e. The summed E-state index contributed by atoms with van der Waals surface area (Å²) in [6.07, 6.45) is 1.99. The summed E-state index contributed by atoms with van der Waals surface area (Å²) >= 11 is 0. The van der Waals surface area contributed by atoms with Crippen molar-refractivity contribution in [2.45, 2.75) is 19.8 Å². The minimum atomic E-state index is -0.0207. The summed E-state index contributed by atoms with van der Waals surface area (Å²) in [6.45, 7) is 3.81. The fourth-order valence-electron chi connectivity index (χ4n) is 2.39. The van der Waals surface area contributed by atoms with E-state index in [1.54, 1.807) is 0 Å². The molecule has 2 N–H and O–H groups in total. The Hall–Kier alpha value is -2.33. The SMILES string of the molecule is CCc1ccc(Nc2ccc(C(=O)NCCCN(C)C)cc2)cc1. The van der Waals surface area contributed by atoms with E-state index in [4.69, 9.17) is 0 Å². The Morgan fingerprint density at radius 2 is 1.54 bits per heavy atom. The number of rotatable bonds is 8. The Morgan fingerprint density at radius 3 is 2.08 bits per heavy atom. The summed E-state index contributed by atoms with van der Waals surface area (Å²) in [5, 5.41) is 6.30. The Bertz CT molecular complexity index is 633. The maximum Gasteiger partial charge on any atom is 0.251 e. The Morgan fingerprint density at radius 1 is 0.958 bits per heavy atom. The predicted molar refractivity (Wildman–Crippen MR) is 101 cm³/mol. The van der Waals surface area contributed by atoms with Crippen LogP contribution in [0.15, 0.2) is 48.5 Å². The van der Waals surface area contributed by atoms with Gasteiger partial charge in [-0.1, -0.05) is 19.1 Å². The van der Waals surface area contributed by atoms with Crippen molar-refractivity contribution >= 4 is 17.3 Å². The van der Waals surface area contributed by atoms with Gasteiger partial charge < -0.3 is 15.5 Å². The van der Waals surface area contributed by atoms with Gasteiger partial charge in [-0.15, -0.1) is 0 Å². The number of hydrogen-bond donors (Lipinski definition) is 2. The fraction of sp³-hybridized carbons (Fsp3) is 0.350. The van der Waals surface area contributed by atoms with Crippen LogP contribution in [-0.2, 0) is 6.42 Å². The summed E-state index contributed by atoms with van der Waals surface area (Å²) in [5.74, 6) is -0.0207. The minimum absolute atomic E-state index is 0.0207. The third-order valence-corrected chi connectivity index (χ3v) is 3.87.